The number of fused-ring (bicyclic) bond motifs is 5. The van der Waals surface area contributed by atoms with E-state index in [9.17, 15) is 0 Å². The van der Waals surface area contributed by atoms with E-state index in [4.69, 9.17) is 36.1 Å². The summed E-state index contributed by atoms with van der Waals surface area (Å²) in [6.45, 7) is 14.0. The van der Waals surface area contributed by atoms with Crippen LogP contribution >= 0.6 is 22.6 Å². The van der Waals surface area contributed by atoms with Gasteiger partial charge in [-0.2, -0.15) is 0 Å². The summed E-state index contributed by atoms with van der Waals surface area (Å²) in [6.07, 6.45) is 15.8. The maximum absolute atomic E-state index is 6.99. The molecule has 258 valence electrons. The second kappa shape index (κ2) is 18.3. The standard InChI is InChI=1S/C36H68IN3O4/c1-26(9-4-18-41-19-5-14-37)29-10-11-30-34-31(25-33(36(29,30)3)44-22-8-17-40)35(2)13-12-28(42-20-6-15-38)23-27(35)24-32(34)43-21-7-16-39/h26-34H,4-25,38-40H2,1-3H3/t26-,27?,28-,29?,30+,31+,32-,33+,34?,35+,36-/m1/s1. The van der Waals surface area contributed by atoms with Crippen molar-refractivity contribution in [2.24, 2.45) is 63.5 Å². The molecule has 0 saturated heterocycles. The smallest absolute Gasteiger partial charge is 0.0637 e. The van der Waals surface area contributed by atoms with E-state index in [-0.39, 0.29) is 11.5 Å². The van der Waals surface area contributed by atoms with E-state index in [2.05, 4.69) is 43.4 Å². The highest BCUT2D eigenvalue weighted by Gasteiger charge is 2.66. The molecular weight excluding hydrogens is 665 g/mol. The first-order valence-electron chi connectivity index (χ1n) is 18.4. The second-order valence-corrected chi connectivity index (χ2v) is 16.3. The molecule has 6 N–H and O–H groups in total. The number of hydrogen-bond donors (Lipinski definition) is 3. The molecule has 7 nitrogen and oxygen atoms in total. The van der Waals surface area contributed by atoms with E-state index in [0.29, 0.717) is 72.8 Å². The van der Waals surface area contributed by atoms with E-state index in [0.717, 1.165) is 78.0 Å². The average molecular weight is 734 g/mol. The van der Waals surface area contributed by atoms with Gasteiger partial charge in [-0.05, 0) is 144 Å². The van der Waals surface area contributed by atoms with Crippen LogP contribution in [0.15, 0.2) is 0 Å². The molecule has 4 rings (SSSR count). The van der Waals surface area contributed by atoms with Crippen molar-refractivity contribution < 1.29 is 18.9 Å². The number of alkyl halides is 1. The zero-order valence-corrected chi connectivity index (χ0v) is 30.7. The highest BCUT2D eigenvalue weighted by Crippen LogP contribution is 2.69. The quantitative estimate of drug-likeness (QED) is 0.0762. The fraction of sp³-hybridized carbons (Fsp3) is 1.00. The predicted octanol–water partition coefficient (Wildman–Crippen LogP) is 6.33. The van der Waals surface area contributed by atoms with E-state index >= 15 is 0 Å². The third-order valence-corrected chi connectivity index (χ3v) is 13.6. The molecule has 0 aliphatic heterocycles. The van der Waals surface area contributed by atoms with Crippen molar-refractivity contribution in [1.29, 1.82) is 0 Å². The van der Waals surface area contributed by atoms with Gasteiger partial charge >= 0.3 is 0 Å². The summed E-state index contributed by atoms with van der Waals surface area (Å²) in [7, 11) is 0. The van der Waals surface area contributed by atoms with Crippen LogP contribution in [0.3, 0.4) is 0 Å². The van der Waals surface area contributed by atoms with E-state index in [1.807, 2.05) is 0 Å². The lowest BCUT2D eigenvalue weighted by molar-refractivity contribution is -0.227. The molecule has 44 heavy (non-hydrogen) atoms. The topological polar surface area (TPSA) is 115 Å². The van der Waals surface area contributed by atoms with Crippen LogP contribution in [0.2, 0.25) is 0 Å². The van der Waals surface area contributed by atoms with Gasteiger partial charge in [-0.3, -0.25) is 0 Å². The molecule has 0 spiro atoms. The van der Waals surface area contributed by atoms with Crippen molar-refractivity contribution in [2.45, 2.75) is 123 Å². The molecule has 0 bridgehead atoms. The molecular formula is C36H68IN3O4. The molecule has 4 saturated carbocycles. The summed E-state index contributed by atoms with van der Waals surface area (Å²) in [5.74, 6) is 3.82. The number of nitrogens with two attached hydrogens (primary N) is 3. The average Bonchev–Trinajstić information content (AvgIpc) is 3.38. The van der Waals surface area contributed by atoms with Gasteiger partial charge in [0.2, 0.25) is 0 Å². The molecule has 0 amide bonds. The largest absolute Gasteiger partial charge is 0.381 e. The Kier molecular flexibility index (Phi) is 15.5. The lowest BCUT2D eigenvalue weighted by Gasteiger charge is -2.65. The van der Waals surface area contributed by atoms with Gasteiger partial charge in [-0.25, -0.2) is 0 Å². The number of hydrogen-bond acceptors (Lipinski definition) is 7. The van der Waals surface area contributed by atoms with Crippen LogP contribution in [0.4, 0.5) is 0 Å². The molecule has 0 heterocycles. The van der Waals surface area contributed by atoms with Gasteiger partial charge in [0.05, 0.1) is 18.3 Å². The maximum atomic E-state index is 6.99. The van der Waals surface area contributed by atoms with E-state index in [1.165, 1.54) is 43.0 Å². The molecule has 4 aliphatic carbocycles. The molecule has 3 unspecified atom stereocenters. The third-order valence-electron chi connectivity index (χ3n) is 12.9. The fourth-order valence-corrected chi connectivity index (χ4v) is 10.9. The van der Waals surface area contributed by atoms with Crippen LogP contribution in [0.1, 0.15) is 104 Å². The van der Waals surface area contributed by atoms with Crippen molar-refractivity contribution in [3.05, 3.63) is 0 Å². The molecule has 8 heteroatoms. The Hall–Kier alpha value is 0.450. The summed E-state index contributed by atoms with van der Waals surface area (Å²) in [5.41, 5.74) is 18.2. The first-order chi connectivity index (χ1) is 21.3. The minimum absolute atomic E-state index is 0.165. The zero-order valence-electron chi connectivity index (χ0n) is 28.5. The van der Waals surface area contributed by atoms with Gasteiger partial charge in [0.25, 0.3) is 0 Å². The Labute approximate surface area is 283 Å². The summed E-state index contributed by atoms with van der Waals surface area (Å²) < 4.78 is 27.4. The SMILES string of the molecule is C[C@H](CCCOCCCI)C1CC[C@H]2C3[C@H](OCCCN)CC4C[C@H](OCCCN)CC[C@]4(C)[C@H]3C[C@H](OCCCN)[C@]12C. The number of halogens is 1. The van der Waals surface area contributed by atoms with Crippen molar-refractivity contribution in [3.63, 3.8) is 0 Å². The Balaban J connectivity index is 1.57. The maximum Gasteiger partial charge on any atom is 0.0637 e. The van der Waals surface area contributed by atoms with Crippen LogP contribution in [-0.2, 0) is 18.9 Å². The van der Waals surface area contributed by atoms with Crippen molar-refractivity contribution >= 4 is 22.6 Å². The van der Waals surface area contributed by atoms with Crippen LogP contribution in [-0.4, -0.2) is 75.4 Å². The monoisotopic (exact) mass is 733 g/mol. The van der Waals surface area contributed by atoms with Crippen molar-refractivity contribution in [2.75, 3.05) is 57.1 Å². The molecule has 11 atom stereocenters. The van der Waals surface area contributed by atoms with Crippen LogP contribution in [0.5, 0.6) is 0 Å². The van der Waals surface area contributed by atoms with Crippen LogP contribution in [0, 0.1) is 46.3 Å². The highest BCUT2D eigenvalue weighted by molar-refractivity contribution is 14.1. The fourth-order valence-electron chi connectivity index (χ4n) is 10.6. The lowest BCUT2D eigenvalue weighted by Crippen LogP contribution is -2.63. The van der Waals surface area contributed by atoms with Gasteiger partial charge in [0, 0.05) is 42.9 Å². The Morgan fingerprint density at radius 2 is 1.43 bits per heavy atom. The predicted molar refractivity (Wildman–Crippen MR) is 189 cm³/mol. The molecule has 4 aliphatic rings. The second-order valence-electron chi connectivity index (χ2n) is 15.3. The first kappa shape index (κ1) is 37.3. The van der Waals surface area contributed by atoms with Gasteiger partial charge in [0.15, 0.2) is 0 Å². The van der Waals surface area contributed by atoms with Gasteiger partial charge in [0.1, 0.15) is 0 Å². The number of rotatable bonds is 20. The Morgan fingerprint density at radius 1 is 0.750 bits per heavy atom. The molecule has 0 radical (unpaired) electrons. The Bertz CT molecular complexity index is 824. The molecule has 4 fully saturated rings. The summed E-state index contributed by atoms with van der Waals surface area (Å²) in [4.78, 5) is 0. The highest BCUT2D eigenvalue weighted by atomic mass is 127. The Morgan fingerprint density at radius 3 is 2.14 bits per heavy atom. The van der Waals surface area contributed by atoms with Crippen molar-refractivity contribution in [3.8, 4) is 0 Å². The van der Waals surface area contributed by atoms with Gasteiger partial charge < -0.3 is 36.1 Å². The third kappa shape index (κ3) is 8.53. The van der Waals surface area contributed by atoms with E-state index < -0.39 is 0 Å². The summed E-state index contributed by atoms with van der Waals surface area (Å²) in [6, 6.07) is 0. The minimum atomic E-state index is 0.165. The number of ether oxygens (including phenoxy) is 4. The summed E-state index contributed by atoms with van der Waals surface area (Å²) in [5, 5.41) is 0. The normalized spacial score (nSPS) is 39.1. The van der Waals surface area contributed by atoms with E-state index in [1.54, 1.807) is 0 Å². The molecule has 0 aromatic heterocycles. The minimum Gasteiger partial charge on any atom is -0.381 e. The van der Waals surface area contributed by atoms with Crippen LogP contribution < -0.4 is 17.2 Å². The van der Waals surface area contributed by atoms with Gasteiger partial charge in [-0.15, -0.1) is 0 Å². The van der Waals surface area contributed by atoms with Crippen LogP contribution in [0.25, 0.3) is 0 Å². The van der Waals surface area contributed by atoms with Gasteiger partial charge in [-0.1, -0.05) is 43.4 Å². The summed E-state index contributed by atoms with van der Waals surface area (Å²) >= 11 is 2.44. The molecule has 0 aromatic carbocycles. The van der Waals surface area contributed by atoms with Crippen molar-refractivity contribution in [1.82, 2.24) is 0 Å². The lowest BCUT2D eigenvalue weighted by atomic mass is 9.43. The molecule has 0 aromatic rings. The zero-order chi connectivity index (χ0) is 31.6. The first-order valence-corrected chi connectivity index (χ1v) is 20.0.